The number of hydrogen-bond acceptors (Lipinski definition) is 3. The van der Waals surface area contributed by atoms with Crippen LogP contribution in [0.3, 0.4) is 0 Å². The van der Waals surface area contributed by atoms with Gasteiger partial charge >= 0.3 is 0 Å². The van der Waals surface area contributed by atoms with Gasteiger partial charge in [0.05, 0.1) is 11.1 Å². The summed E-state index contributed by atoms with van der Waals surface area (Å²) in [7, 11) is 0. The van der Waals surface area contributed by atoms with E-state index in [-0.39, 0.29) is 5.49 Å². The molecule has 0 fully saturated rings. The SMILES string of the molecule is N=c1c2cc(-c3ccc(Cl)cc3)n(-c3ccccc3)c2ncn1N. The zero-order valence-corrected chi connectivity index (χ0v) is 13.4. The molecule has 0 aliphatic heterocycles. The van der Waals surface area contributed by atoms with Crippen molar-refractivity contribution in [1.29, 1.82) is 5.41 Å². The van der Waals surface area contributed by atoms with Crippen LogP contribution in [0.1, 0.15) is 0 Å². The molecule has 0 aliphatic rings. The average Bonchev–Trinajstić information content (AvgIpc) is 3.00. The zero-order chi connectivity index (χ0) is 16.7. The van der Waals surface area contributed by atoms with Gasteiger partial charge in [-0.05, 0) is 35.9 Å². The lowest BCUT2D eigenvalue weighted by molar-refractivity contribution is 0.862. The molecule has 2 heterocycles. The van der Waals surface area contributed by atoms with Crippen LogP contribution in [0.25, 0.3) is 28.0 Å². The van der Waals surface area contributed by atoms with Crippen LogP contribution in [0.15, 0.2) is 67.0 Å². The summed E-state index contributed by atoms with van der Waals surface area (Å²) in [5.41, 5.74) is 3.80. The highest BCUT2D eigenvalue weighted by Gasteiger charge is 2.15. The Balaban J connectivity index is 2.10. The Hall–Kier alpha value is -3.05. The summed E-state index contributed by atoms with van der Waals surface area (Å²) in [5.74, 6) is 5.78. The second-order valence-electron chi connectivity index (χ2n) is 5.45. The zero-order valence-electron chi connectivity index (χ0n) is 12.6. The second kappa shape index (κ2) is 5.54. The number of benzene rings is 2. The summed E-state index contributed by atoms with van der Waals surface area (Å²) < 4.78 is 3.24. The maximum absolute atomic E-state index is 8.22. The number of nitrogens with zero attached hydrogens (tertiary/aromatic N) is 3. The number of nitrogens with two attached hydrogens (primary N) is 1. The van der Waals surface area contributed by atoms with Crippen LogP contribution in [0.4, 0.5) is 0 Å². The van der Waals surface area contributed by atoms with Crippen LogP contribution >= 0.6 is 11.6 Å². The molecule has 4 rings (SSSR count). The number of hydrogen-bond donors (Lipinski definition) is 2. The van der Waals surface area contributed by atoms with Gasteiger partial charge in [-0.15, -0.1) is 0 Å². The molecule has 0 amide bonds. The van der Waals surface area contributed by atoms with E-state index in [1.54, 1.807) is 0 Å². The number of para-hydroxylation sites is 1. The van der Waals surface area contributed by atoms with Crippen LogP contribution in [0, 0.1) is 5.41 Å². The van der Waals surface area contributed by atoms with E-state index in [2.05, 4.69) is 4.98 Å². The van der Waals surface area contributed by atoms with Crippen LogP contribution in [0.2, 0.25) is 5.02 Å². The molecule has 0 bridgehead atoms. The first-order chi connectivity index (χ1) is 11.6. The molecule has 4 aromatic rings. The molecule has 3 N–H and O–H groups in total. The van der Waals surface area contributed by atoms with Crippen molar-refractivity contribution in [1.82, 2.24) is 14.2 Å². The summed E-state index contributed by atoms with van der Waals surface area (Å²) >= 11 is 6.01. The second-order valence-corrected chi connectivity index (χ2v) is 5.88. The third-order valence-electron chi connectivity index (χ3n) is 3.95. The normalized spacial score (nSPS) is 11.0. The largest absolute Gasteiger partial charge is 0.336 e. The van der Waals surface area contributed by atoms with E-state index < -0.39 is 0 Å². The van der Waals surface area contributed by atoms with Crippen molar-refractivity contribution in [2.45, 2.75) is 0 Å². The lowest BCUT2D eigenvalue weighted by atomic mass is 10.1. The minimum Gasteiger partial charge on any atom is -0.336 e. The summed E-state index contributed by atoms with van der Waals surface area (Å²) in [6.07, 6.45) is 1.45. The van der Waals surface area contributed by atoms with Crippen LogP contribution in [-0.4, -0.2) is 14.2 Å². The molecule has 2 aromatic heterocycles. The van der Waals surface area contributed by atoms with Crippen molar-refractivity contribution >= 4 is 22.6 Å². The predicted octanol–water partition coefficient (Wildman–Crippen LogP) is 3.34. The molecule has 6 heteroatoms. The molecule has 0 saturated heterocycles. The van der Waals surface area contributed by atoms with E-state index in [1.807, 2.05) is 65.2 Å². The first-order valence-corrected chi connectivity index (χ1v) is 7.77. The standard InChI is InChI=1S/C18H14ClN5/c19-13-8-6-12(7-9-13)16-10-15-17(20)23(21)11-22-18(15)24(16)14-4-2-1-3-5-14/h1-11,20H,21H2. The van der Waals surface area contributed by atoms with Crippen LogP contribution < -0.4 is 11.3 Å². The van der Waals surface area contributed by atoms with Crippen LogP contribution in [-0.2, 0) is 0 Å². The van der Waals surface area contributed by atoms with Crippen molar-refractivity contribution in [3.63, 3.8) is 0 Å². The third-order valence-corrected chi connectivity index (χ3v) is 4.20. The Morgan fingerprint density at radius 2 is 1.71 bits per heavy atom. The molecule has 0 atom stereocenters. The highest BCUT2D eigenvalue weighted by molar-refractivity contribution is 6.30. The Morgan fingerprint density at radius 3 is 2.42 bits per heavy atom. The fraction of sp³-hybridized carbons (Fsp3) is 0. The third kappa shape index (κ3) is 2.26. The lowest BCUT2D eigenvalue weighted by Gasteiger charge is -2.10. The van der Waals surface area contributed by atoms with E-state index in [4.69, 9.17) is 22.9 Å². The van der Waals surface area contributed by atoms with Gasteiger partial charge in [-0.3, -0.25) is 9.98 Å². The summed E-state index contributed by atoms with van der Waals surface area (Å²) in [4.78, 5) is 4.44. The fourth-order valence-corrected chi connectivity index (χ4v) is 2.91. The van der Waals surface area contributed by atoms with Crippen molar-refractivity contribution in [2.75, 3.05) is 5.84 Å². The molecule has 24 heavy (non-hydrogen) atoms. The molecule has 0 unspecified atom stereocenters. The Labute approximate surface area is 143 Å². The summed E-state index contributed by atoms with van der Waals surface area (Å²) in [6.45, 7) is 0. The quantitative estimate of drug-likeness (QED) is 0.551. The van der Waals surface area contributed by atoms with Crippen molar-refractivity contribution in [3.8, 4) is 16.9 Å². The molecule has 5 nitrogen and oxygen atoms in total. The predicted molar refractivity (Wildman–Crippen MR) is 95.5 cm³/mol. The Kier molecular flexibility index (Phi) is 3.36. The summed E-state index contributed by atoms with van der Waals surface area (Å²) in [6, 6.07) is 19.5. The number of aromatic nitrogens is 3. The van der Waals surface area contributed by atoms with Crippen molar-refractivity contribution in [3.05, 3.63) is 77.5 Å². The molecule has 0 radical (unpaired) electrons. The monoisotopic (exact) mass is 335 g/mol. The van der Waals surface area contributed by atoms with E-state index >= 15 is 0 Å². The van der Waals surface area contributed by atoms with Gasteiger partial charge < -0.3 is 5.84 Å². The molecular formula is C18H14ClN5. The smallest absolute Gasteiger partial charge is 0.156 e. The molecular weight excluding hydrogens is 322 g/mol. The van der Waals surface area contributed by atoms with Crippen molar-refractivity contribution < 1.29 is 0 Å². The van der Waals surface area contributed by atoms with Gasteiger partial charge in [0, 0.05) is 10.7 Å². The number of rotatable bonds is 2. The molecule has 0 spiro atoms. The average molecular weight is 336 g/mol. The molecule has 0 saturated carbocycles. The minimum absolute atomic E-state index is 0.213. The van der Waals surface area contributed by atoms with Gasteiger partial charge in [-0.1, -0.05) is 41.9 Å². The maximum atomic E-state index is 8.22. The topological polar surface area (TPSA) is 72.6 Å². The molecule has 118 valence electrons. The molecule has 2 aromatic carbocycles. The molecule has 0 aliphatic carbocycles. The highest BCUT2D eigenvalue weighted by Crippen LogP contribution is 2.29. The lowest BCUT2D eigenvalue weighted by Crippen LogP contribution is -2.27. The minimum atomic E-state index is 0.213. The van der Waals surface area contributed by atoms with Crippen LogP contribution in [0.5, 0.6) is 0 Å². The number of nitrogen functional groups attached to an aromatic ring is 1. The number of fused-ring (bicyclic) bond motifs is 1. The number of nitrogens with one attached hydrogen (secondary N) is 1. The highest BCUT2D eigenvalue weighted by atomic mass is 35.5. The van der Waals surface area contributed by atoms with E-state index in [9.17, 15) is 0 Å². The van der Waals surface area contributed by atoms with E-state index in [1.165, 1.54) is 11.0 Å². The van der Waals surface area contributed by atoms with E-state index in [0.717, 1.165) is 16.9 Å². The first-order valence-electron chi connectivity index (χ1n) is 7.39. The van der Waals surface area contributed by atoms with E-state index in [0.29, 0.717) is 16.1 Å². The van der Waals surface area contributed by atoms with Gasteiger partial charge in [0.15, 0.2) is 11.1 Å². The first kappa shape index (κ1) is 14.5. The van der Waals surface area contributed by atoms with Gasteiger partial charge in [0.2, 0.25) is 0 Å². The Morgan fingerprint density at radius 1 is 1.00 bits per heavy atom. The fourth-order valence-electron chi connectivity index (χ4n) is 2.79. The van der Waals surface area contributed by atoms with Gasteiger partial charge in [-0.2, -0.15) is 0 Å². The van der Waals surface area contributed by atoms with Crippen molar-refractivity contribution in [2.24, 2.45) is 0 Å². The number of halogens is 1. The Bertz CT molecular complexity index is 1080. The van der Waals surface area contributed by atoms with Gasteiger partial charge in [0.1, 0.15) is 6.33 Å². The maximum Gasteiger partial charge on any atom is 0.156 e. The summed E-state index contributed by atoms with van der Waals surface area (Å²) in [5, 5.41) is 9.59. The van der Waals surface area contributed by atoms with Gasteiger partial charge in [0.25, 0.3) is 0 Å². The van der Waals surface area contributed by atoms with Gasteiger partial charge in [-0.25, -0.2) is 9.66 Å².